The Hall–Kier alpha value is -1.97. The lowest BCUT2D eigenvalue weighted by Crippen LogP contribution is -2.50. The second kappa shape index (κ2) is 6.64. The van der Waals surface area contributed by atoms with Crippen molar-refractivity contribution in [2.24, 2.45) is 0 Å². The first kappa shape index (κ1) is 17.4. The minimum Gasteiger partial charge on any atom is -0.337 e. The van der Waals surface area contributed by atoms with Gasteiger partial charge in [0.2, 0.25) is 15.9 Å². The van der Waals surface area contributed by atoms with E-state index in [0.29, 0.717) is 31.1 Å². The summed E-state index contributed by atoms with van der Waals surface area (Å²) < 4.78 is 28.3. The lowest BCUT2D eigenvalue weighted by Gasteiger charge is -2.37. The molecule has 1 aromatic heterocycles. The number of sulfonamides is 1. The van der Waals surface area contributed by atoms with E-state index in [0.717, 1.165) is 18.7 Å². The number of hydrogen-bond donors (Lipinski definition) is 0. The lowest BCUT2D eigenvalue weighted by molar-refractivity contribution is -0.128. The maximum absolute atomic E-state index is 12.6. The fourth-order valence-electron chi connectivity index (χ4n) is 3.19. The molecular formula is C16H18ClN5O3S. The smallest absolute Gasteiger partial charge is 0.243 e. The predicted molar refractivity (Wildman–Crippen MR) is 93.9 cm³/mol. The molecule has 0 atom stereocenters. The highest BCUT2D eigenvalue weighted by Crippen LogP contribution is 2.29. The van der Waals surface area contributed by atoms with Gasteiger partial charge < -0.3 is 4.90 Å². The minimum atomic E-state index is -3.55. The van der Waals surface area contributed by atoms with E-state index in [2.05, 4.69) is 10.3 Å². The van der Waals surface area contributed by atoms with Crippen molar-refractivity contribution >= 4 is 27.5 Å². The topological polar surface area (TPSA) is 88.4 Å². The molecule has 1 amide bonds. The van der Waals surface area contributed by atoms with Gasteiger partial charge >= 0.3 is 0 Å². The number of aromatic nitrogens is 3. The maximum atomic E-state index is 12.6. The van der Waals surface area contributed by atoms with Crippen LogP contribution < -0.4 is 0 Å². The van der Waals surface area contributed by atoms with E-state index >= 15 is 0 Å². The highest BCUT2D eigenvalue weighted by molar-refractivity contribution is 7.89. The highest BCUT2D eigenvalue weighted by Gasteiger charge is 2.38. The number of carbonyl (C=O) groups is 1. The summed E-state index contributed by atoms with van der Waals surface area (Å²) in [6, 6.07) is 6.19. The van der Waals surface area contributed by atoms with E-state index in [4.69, 9.17) is 11.6 Å². The molecule has 26 heavy (non-hydrogen) atoms. The average molecular weight is 396 g/mol. The van der Waals surface area contributed by atoms with E-state index in [1.54, 1.807) is 27.9 Å². The summed E-state index contributed by atoms with van der Waals surface area (Å²) in [5.41, 5.74) is 0.719. The lowest BCUT2D eigenvalue weighted by atomic mass is 10.2. The van der Waals surface area contributed by atoms with Gasteiger partial charge in [-0.15, -0.1) is 5.10 Å². The van der Waals surface area contributed by atoms with Gasteiger partial charge in [0, 0.05) is 31.1 Å². The van der Waals surface area contributed by atoms with Crippen LogP contribution in [-0.4, -0.2) is 58.2 Å². The highest BCUT2D eigenvalue weighted by atomic mass is 35.5. The predicted octanol–water partition coefficient (Wildman–Crippen LogP) is 1.30. The van der Waals surface area contributed by atoms with Crippen LogP contribution in [0.5, 0.6) is 0 Å². The molecule has 1 aromatic carbocycles. The summed E-state index contributed by atoms with van der Waals surface area (Å²) in [5, 5.41) is 8.59. The first-order chi connectivity index (χ1) is 12.4. The van der Waals surface area contributed by atoms with Crippen LogP contribution in [0.4, 0.5) is 0 Å². The maximum Gasteiger partial charge on any atom is 0.243 e. The Morgan fingerprint density at radius 2 is 2.08 bits per heavy atom. The molecule has 0 saturated carbocycles. The number of amides is 1. The van der Waals surface area contributed by atoms with E-state index in [-0.39, 0.29) is 16.8 Å². The second-order valence-corrected chi connectivity index (χ2v) is 8.92. The number of likely N-dealkylation sites (tertiary alicyclic amines) is 1. The summed E-state index contributed by atoms with van der Waals surface area (Å²) in [7, 11) is -3.55. The number of halogens is 1. The van der Waals surface area contributed by atoms with Crippen LogP contribution in [0.25, 0.3) is 0 Å². The largest absolute Gasteiger partial charge is 0.337 e. The van der Waals surface area contributed by atoms with Crippen LogP contribution in [0, 0.1) is 0 Å². The molecule has 138 valence electrons. The second-order valence-electron chi connectivity index (χ2n) is 6.54. The van der Waals surface area contributed by atoms with Gasteiger partial charge in [-0.25, -0.2) is 13.1 Å². The normalized spacial score (nSPS) is 19.1. The molecule has 2 fully saturated rings. The molecule has 0 bridgehead atoms. The van der Waals surface area contributed by atoms with Crippen LogP contribution in [0.1, 0.15) is 24.6 Å². The third-order valence-corrected chi connectivity index (χ3v) is 6.78. The van der Waals surface area contributed by atoms with Crippen molar-refractivity contribution < 1.29 is 13.2 Å². The van der Waals surface area contributed by atoms with Crippen molar-refractivity contribution in [1.82, 2.24) is 24.2 Å². The van der Waals surface area contributed by atoms with Gasteiger partial charge in [0.1, 0.15) is 5.69 Å². The van der Waals surface area contributed by atoms with Crippen LogP contribution in [0.3, 0.4) is 0 Å². The molecule has 2 aromatic rings. The number of hydrogen-bond acceptors (Lipinski definition) is 5. The Labute approximate surface area is 156 Å². The summed E-state index contributed by atoms with van der Waals surface area (Å²) in [5.74, 6) is 0.141. The van der Waals surface area contributed by atoms with E-state index in [9.17, 15) is 13.2 Å². The molecule has 0 spiro atoms. The molecule has 0 unspecified atom stereocenters. The van der Waals surface area contributed by atoms with Gasteiger partial charge in [-0.1, -0.05) is 22.9 Å². The van der Waals surface area contributed by atoms with Crippen LogP contribution in [0.2, 0.25) is 5.02 Å². The molecular weight excluding hydrogens is 378 g/mol. The third-order valence-electron chi connectivity index (χ3n) is 4.72. The first-order valence-corrected chi connectivity index (χ1v) is 10.2. The minimum absolute atomic E-state index is 0.0560. The third kappa shape index (κ3) is 3.22. The monoisotopic (exact) mass is 395 g/mol. The van der Waals surface area contributed by atoms with Gasteiger partial charge in [0.05, 0.1) is 23.7 Å². The average Bonchev–Trinajstić information content (AvgIpc) is 3.16. The van der Waals surface area contributed by atoms with Crippen molar-refractivity contribution in [3.8, 4) is 0 Å². The molecule has 3 heterocycles. The summed E-state index contributed by atoms with van der Waals surface area (Å²) >= 11 is 5.89. The molecule has 2 aliphatic heterocycles. The van der Waals surface area contributed by atoms with Crippen LogP contribution in [-0.2, 0) is 21.4 Å². The Morgan fingerprint density at radius 3 is 2.77 bits per heavy atom. The number of nitrogens with zero attached hydrogens (tertiary/aromatic N) is 5. The van der Waals surface area contributed by atoms with Gasteiger partial charge in [-0.3, -0.25) is 4.79 Å². The number of benzene rings is 1. The molecule has 0 aliphatic carbocycles. The first-order valence-electron chi connectivity index (χ1n) is 8.38. The molecule has 10 heteroatoms. The molecule has 0 radical (unpaired) electrons. The number of rotatable bonds is 5. The zero-order valence-corrected chi connectivity index (χ0v) is 15.5. The Morgan fingerprint density at radius 1 is 1.27 bits per heavy atom. The molecule has 2 saturated heterocycles. The van der Waals surface area contributed by atoms with Crippen LogP contribution >= 0.6 is 11.6 Å². The Kier molecular flexibility index (Phi) is 4.45. The molecule has 0 N–H and O–H groups in total. The van der Waals surface area contributed by atoms with Gasteiger partial charge in [-0.2, -0.15) is 4.31 Å². The zero-order valence-electron chi connectivity index (χ0n) is 14.0. The van der Waals surface area contributed by atoms with Gasteiger partial charge in [0.25, 0.3) is 0 Å². The Balaban J connectivity index is 1.40. The molecule has 8 nitrogen and oxygen atoms in total. The van der Waals surface area contributed by atoms with Gasteiger partial charge in [0.15, 0.2) is 0 Å². The summed E-state index contributed by atoms with van der Waals surface area (Å²) in [6.45, 7) is 1.87. The number of carbonyl (C=O) groups excluding carboxylic acids is 1. The van der Waals surface area contributed by atoms with E-state index in [1.165, 1.54) is 16.4 Å². The van der Waals surface area contributed by atoms with Crippen molar-refractivity contribution in [3.05, 3.63) is 41.2 Å². The van der Waals surface area contributed by atoms with E-state index in [1.807, 2.05) is 0 Å². The van der Waals surface area contributed by atoms with Crippen molar-refractivity contribution in [2.45, 2.75) is 30.3 Å². The van der Waals surface area contributed by atoms with Crippen LogP contribution in [0.15, 0.2) is 35.4 Å². The van der Waals surface area contributed by atoms with E-state index < -0.39 is 10.0 Å². The standard InChI is InChI=1S/C16H18ClN5O3S/c17-12-3-1-4-15(7-12)26(24,25)21-10-14(11-21)22-9-13(18-19-22)8-20-6-2-5-16(20)23/h1,3-4,7,9,14H,2,5-6,8,10-11H2. The summed E-state index contributed by atoms with van der Waals surface area (Å²) in [6.07, 6.45) is 3.26. The fraction of sp³-hybridized carbons (Fsp3) is 0.438. The molecule has 4 rings (SSSR count). The summed E-state index contributed by atoms with van der Waals surface area (Å²) in [4.78, 5) is 13.6. The fourth-order valence-corrected chi connectivity index (χ4v) is 5.00. The Bertz CT molecular complexity index is 939. The molecule has 2 aliphatic rings. The SMILES string of the molecule is O=C1CCCN1Cc1cn(C2CN(S(=O)(=O)c3cccc(Cl)c3)C2)nn1. The van der Waals surface area contributed by atoms with Crippen molar-refractivity contribution in [1.29, 1.82) is 0 Å². The van der Waals surface area contributed by atoms with Gasteiger partial charge in [-0.05, 0) is 24.6 Å². The quantitative estimate of drug-likeness (QED) is 0.761. The van der Waals surface area contributed by atoms with Crippen molar-refractivity contribution in [2.75, 3.05) is 19.6 Å². The van der Waals surface area contributed by atoms with Crippen molar-refractivity contribution in [3.63, 3.8) is 0 Å². The zero-order chi connectivity index (χ0) is 18.3.